The Labute approximate surface area is 171 Å². The molecule has 2 N–H and O–H groups in total. The van der Waals surface area contributed by atoms with Crippen LogP contribution >= 0.6 is 11.3 Å². The number of fused-ring (bicyclic) bond motifs is 1. The van der Waals surface area contributed by atoms with E-state index >= 15 is 0 Å². The van der Waals surface area contributed by atoms with Crippen LogP contribution in [0, 0.1) is 5.82 Å². The first kappa shape index (κ1) is 19.1. The summed E-state index contributed by atoms with van der Waals surface area (Å²) in [4.78, 5) is 32.6. The molecule has 1 aliphatic rings. The molecule has 7 nitrogen and oxygen atoms in total. The smallest absolute Gasteiger partial charge is 0.317 e. The monoisotopic (exact) mass is 413 g/mol. The number of piperazine rings is 1. The molecular weight excluding hydrogens is 393 g/mol. The van der Waals surface area contributed by atoms with Crippen LogP contribution in [-0.4, -0.2) is 54.5 Å². The molecule has 2 aromatic carbocycles. The molecule has 1 aliphatic heterocycles. The number of amides is 3. The topological polar surface area (TPSA) is 77.6 Å². The lowest BCUT2D eigenvalue weighted by Crippen LogP contribution is -2.52. The van der Waals surface area contributed by atoms with Gasteiger partial charge >= 0.3 is 6.03 Å². The van der Waals surface area contributed by atoms with E-state index in [1.807, 2.05) is 24.3 Å². The number of rotatable bonds is 4. The summed E-state index contributed by atoms with van der Waals surface area (Å²) < 4.78 is 14.0. The number of carbonyl (C=O) groups excluding carboxylic acids is 2. The normalized spacial score (nSPS) is 14.1. The molecule has 0 bridgehead atoms. The highest BCUT2D eigenvalue weighted by Gasteiger charge is 2.21. The molecule has 0 atom stereocenters. The van der Waals surface area contributed by atoms with Crippen molar-refractivity contribution < 1.29 is 14.0 Å². The average molecular weight is 413 g/mol. The lowest BCUT2D eigenvalue weighted by Gasteiger charge is -2.36. The summed E-state index contributed by atoms with van der Waals surface area (Å²) in [5.41, 5.74) is 1.76. The van der Waals surface area contributed by atoms with Gasteiger partial charge in [0.05, 0.1) is 16.8 Å². The van der Waals surface area contributed by atoms with E-state index in [0.717, 1.165) is 15.9 Å². The number of urea groups is 1. The lowest BCUT2D eigenvalue weighted by atomic mass is 10.2. The first-order chi connectivity index (χ1) is 14.1. The van der Waals surface area contributed by atoms with E-state index in [-0.39, 0.29) is 24.3 Å². The Balaban J connectivity index is 1.23. The zero-order valence-electron chi connectivity index (χ0n) is 15.6. The lowest BCUT2D eigenvalue weighted by molar-refractivity contribution is -0.115. The summed E-state index contributed by atoms with van der Waals surface area (Å²) in [7, 11) is 0. The molecule has 3 aromatic rings. The highest BCUT2D eigenvalue weighted by Crippen LogP contribution is 2.25. The summed E-state index contributed by atoms with van der Waals surface area (Å²) in [6, 6.07) is 13.7. The van der Waals surface area contributed by atoms with Crippen molar-refractivity contribution in [2.75, 3.05) is 42.9 Å². The third-order valence-electron chi connectivity index (χ3n) is 4.70. The van der Waals surface area contributed by atoms with Gasteiger partial charge in [0.1, 0.15) is 5.82 Å². The van der Waals surface area contributed by atoms with Gasteiger partial charge in [0, 0.05) is 31.9 Å². The van der Waals surface area contributed by atoms with Crippen LogP contribution in [0.4, 0.5) is 20.0 Å². The van der Waals surface area contributed by atoms with Crippen LogP contribution in [0.15, 0.2) is 48.5 Å². The van der Waals surface area contributed by atoms with E-state index in [0.29, 0.717) is 31.3 Å². The van der Waals surface area contributed by atoms with Gasteiger partial charge in [-0.15, -0.1) is 0 Å². The van der Waals surface area contributed by atoms with Gasteiger partial charge in [-0.3, -0.25) is 4.79 Å². The molecule has 1 fully saturated rings. The largest absolute Gasteiger partial charge is 0.368 e. The maximum absolute atomic E-state index is 13.0. The molecule has 1 aromatic heterocycles. The number of benzene rings is 2. The standard InChI is InChI=1S/C20H20FN5O2S/c21-14-5-7-15(8-6-14)25-9-11-26(12-10-25)20(28)22-13-18(27)24-19-23-16-3-1-2-4-17(16)29-19/h1-8H,9-13H2,(H,22,28)(H,23,24,27). The molecule has 0 unspecified atom stereocenters. The molecule has 9 heteroatoms. The van der Waals surface area contributed by atoms with E-state index in [9.17, 15) is 14.0 Å². The molecule has 0 spiro atoms. The molecule has 150 valence electrons. The van der Waals surface area contributed by atoms with E-state index < -0.39 is 0 Å². The third-order valence-corrected chi connectivity index (χ3v) is 5.65. The second-order valence-corrected chi connectivity index (χ2v) is 7.67. The minimum absolute atomic E-state index is 0.118. The first-order valence-electron chi connectivity index (χ1n) is 9.27. The second kappa shape index (κ2) is 8.44. The molecule has 0 radical (unpaired) electrons. The summed E-state index contributed by atoms with van der Waals surface area (Å²) in [5, 5.41) is 5.88. The second-order valence-electron chi connectivity index (χ2n) is 6.64. The number of hydrogen-bond acceptors (Lipinski definition) is 5. The number of carbonyl (C=O) groups is 2. The Morgan fingerprint density at radius 2 is 1.76 bits per heavy atom. The fourth-order valence-corrected chi connectivity index (χ4v) is 4.06. The van der Waals surface area contributed by atoms with E-state index in [2.05, 4.69) is 20.5 Å². The molecule has 29 heavy (non-hydrogen) atoms. The number of halogens is 1. The molecular formula is C20H20FN5O2S. The number of para-hydroxylation sites is 1. The van der Waals surface area contributed by atoms with Gasteiger partial charge in [-0.2, -0.15) is 0 Å². The minimum Gasteiger partial charge on any atom is -0.368 e. The summed E-state index contributed by atoms with van der Waals surface area (Å²) >= 11 is 1.39. The van der Waals surface area contributed by atoms with E-state index in [1.165, 1.54) is 23.5 Å². The van der Waals surface area contributed by atoms with E-state index in [1.54, 1.807) is 17.0 Å². The van der Waals surface area contributed by atoms with Crippen LogP contribution in [-0.2, 0) is 4.79 Å². The number of hydrogen-bond donors (Lipinski definition) is 2. The number of nitrogens with zero attached hydrogens (tertiary/aromatic N) is 3. The minimum atomic E-state index is -0.317. The van der Waals surface area contributed by atoms with Crippen molar-refractivity contribution in [3.05, 3.63) is 54.3 Å². The van der Waals surface area contributed by atoms with Crippen LogP contribution in [0.2, 0.25) is 0 Å². The summed E-state index contributed by atoms with van der Waals surface area (Å²) in [6.07, 6.45) is 0. The van der Waals surface area contributed by atoms with Crippen molar-refractivity contribution in [1.29, 1.82) is 0 Å². The number of anilines is 2. The van der Waals surface area contributed by atoms with Crippen LogP contribution in [0.1, 0.15) is 0 Å². The maximum Gasteiger partial charge on any atom is 0.317 e. The Morgan fingerprint density at radius 1 is 1.03 bits per heavy atom. The van der Waals surface area contributed by atoms with Crippen molar-refractivity contribution in [3.63, 3.8) is 0 Å². The van der Waals surface area contributed by atoms with Gasteiger partial charge in [-0.1, -0.05) is 23.5 Å². The zero-order valence-corrected chi connectivity index (χ0v) is 16.4. The van der Waals surface area contributed by atoms with Gasteiger partial charge in [-0.05, 0) is 36.4 Å². The van der Waals surface area contributed by atoms with Crippen LogP contribution < -0.4 is 15.5 Å². The Bertz CT molecular complexity index is 982. The van der Waals surface area contributed by atoms with Gasteiger partial charge in [0.2, 0.25) is 5.91 Å². The van der Waals surface area contributed by atoms with Crippen molar-refractivity contribution in [2.24, 2.45) is 0 Å². The van der Waals surface area contributed by atoms with Gasteiger partial charge in [-0.25, -0.2) is 14.2 Å². The molecule has 4 rings (SSSR count). The molecule has 0 aliphatic carbocycles. The van der Waals surface area contributed by atoms with Crippen LogP contribution in [0.3, 0.4) is 0 Å². The van der Waals surface area contributed by atoms with Crippen molar-refractivity contribution in [2.45, 2.75) is 0 Å². The quantitative estimate of drug-likeness (QED) is 0.690. The zero-order chi connectivity index (χ0) is 20.2. The SMILES string of the molecule is O=C(CNC(=O)N1CCN(c2ccc(F)cc2)CC1)Nc1nc2ccccc2s1. The predicted molar refractivity (Wildman–Crippen MR) is 112 cm³/mol. The van der Waals surface area contributed by atoms with Crippen molar-refractivity contribution >= 4 is 44.3 Å². The highest BCUT2D eigenvalue weighted by atomic mass is 32.1. The van der Waals surface area contributed by atoms with E-state index in [4.69, 9.17) is 0 Å². The highest BCUT2D eigenvalue weighted by molar-refractivity contribution is 7.22. The Morgan fingerprint density at radius 3 is 2.48 bits per heavy atom. The maximum atomic E-state index is 13.0. The van der Waals surface area contributed by atoms with Crippen molar-refractivity contribution in [1.82, 2.24) is 15.2 Å². The van der Waals surface area contributed by atoms with Crippen LogP contribution in [0.5, 0.6) is 0 Å². The van der Waals surface area contributed by atoms with Crippen LogP contribution in [0.25, 0.3) is 10.2 Å². The molecule has 0 saturated carbocycles. The Hall–Kier alpha value is -3.20. The first-order valence-corrected chi connectivity index (χ1v) is 10.1. The number of thiazole rings is 1. The van der Waals surface area contributed by atoms with Crippen molar-refractivity contribution in [3.8, 4) is 0 Å². The third kappa shape index (κ3) is 4.62. The van der Waals surface area contributed by atoms with Gasteiger partial charge in [0.15, 0.2) is 5.13 Å². The summed E-state index contributed by atoms with van der Waals surface area (Å²) in [5.74, 6) is -0.585. The molecule has 3 amide bonds. The average Bonchev–Trinajstić information content (AvgIpc) is 3.15. The molecule has 2 heterocycles. The predicted octanol–water partition coefficient (Wildman–Crippen LogP) is 2.91. The molecule has 1 saturated heterocycles. The summed E-state index contributed by atoms with van der Waals surface area (Å²) in [6.45, 7) is 2.24. The fourth-order valence-electron chi connectivity index (χ4n) is 3.18. The van der Waals surface area contributed by atoms with Gasteiger partial charge < -0.3 is 20.4 Å². The fraction of sp³-hybridized carbons (Fsp3) is 0.250. The number of aromatic nitrogens is 1. The van der Waals surface area contributed by atoms with Gasteiger partial charge in [0.25, 0.3) is 0 Å². The Kier molecular flexibility index (Phi) is 5.57. The number of nitrogens with one attached hydrogen (secondary N) is 2.